The van der Waals surface area contributed by atoms with Crippen LogP contribution in [0.5, 0.6) is 0 Å². The van der Waals surface area contributed by atoms with Gasteiger partial charge in [-0.25, -0.2) is 0 Å². The van der Waals surface area contributed by atoms with Gasteiger partial charge in [-0.3, -0.25) is 4.90 Å². The maximum absolute atomic E-state index is 9.43. The van der Waals surface area contributed by atoms with Crippen molar-refractivity contribution in [3.8, 4) is 0 Å². The van der Waals surface area contributed by atoms with E-state index in [0.717, 1.165) is 25.3 Å². The van der Waals surface area contributed by atoms with Crippen molar-refractivity contribution in [2.24, 2.45) is 0 Å². The highest BCUT2D eigenvalue weighted by Crippen LogP contribution is 2.21. The summed E-state index contributed by atoms with van der Waals surface area (Å²) in [4.78, 5) is 1.73. The van der Waals surface area contributed by atoms with E-state index < -0.39 is 5.91 Å². The van der Waals surface area contributed by atoms with Crippen LogP contribution in [0, 0.1) is 0 Å². The number of aliphatic hydroxyl groups is 2. The van der Waals surface area contributed by atoms with Gasteiger partial charge in [-0.05, 0) is 6.42 Å². The molecule has 0 unspecified atom stereocenters. The third-order valence-corrected chi connectivity index (χ3v) is 2.86. The predicted molar refractivity (Wildman–Crippen MR) is 46.4 cm³/mol. The normalized spacial score (nSPS) is 25.4. The van der Waals surface area contributed by atoms with Crippen molar-refractivity contribution in [1.82, 2.24) is 4.90 Å². The van der Waals surface area contributed by atoms with Crippen molar-refractivity contribution in [2.75, 3.05) is 24.6 Å². The largest absolute Gasteiger partial charge is 0.353 e. The second kappa shape index (κ2) is 3.76. The van der Waals surface area contributed by atoms with Crippen LogP contribution in [0.4, 0.5) is 0 Å². The molecule has 4 heteroatoms. The molecule has 0 bridgehead atoms. The SMILES string of the molecule is CCCN1CCSCC1(O)O. The molecule has 3 nitrogen and oxygen atoms in total. The zero-order valence-electron chi connectivity index (χ0n) is 6.79. The molecule has 0 radical (unpaired) electrons. The van der Waals surface area contributed by atoms with E-state index in [1.54, 1.807) is 16.7 Å². The number of thioether (sulfide) groups is 1. The van der Waals surface area contributed by atoms with Gasteiger partial charge in [-0.1, -0.05) is 6.92 Å². The first-order valence-electron chi connectivity index (χ1n) is 3.94. The van der Waals surface area contributed by atoms with Crippen LogP contribution in [0.3, 0.4) is 0 Å². The van der Waals surface area contributed by atoms with Crippen molar-refractivity contribution in [2.45, 2.75) is 19.3 Å². The van der Waals surface area contributed by atoms with Gasteiger partial charge in [0.25, 0.3) is 0 Å². The molecule has 1 heterocycles. The van der Waals surface area contributed by atoms with Crippen LogP contribution < -0.4 is 0 Å². The first-order valence-corrected chi connectivity index (χ1v) is 5.10. The molecule has 66 valence electrons. The lowest BCUT2D eigenvalue weighted by Gasteiger charge is -2.38. The van der Waals surface area contributed by atoms with Gasteiger partial charge in [0.05, 0.1) is 5.75 Å². The minimum Gasteiger partial charge on any atom is -0.353 e. The Morgan fingerprint density at radius 1 is 1.55 bits per heavy atom. The highest BCUT2D eigenvalue weighted by atomic mass is 32.2. The lowest BCUT2D eigenvalue weighted by molar-refractivity contribution is -0.247. The minimum atomic E-state index is -1.56. The average molecular weight is 177 g/mol. The summed E-state index contributed by atoms with van der Waals surface area (Å²) in [7, 11) is 0. The van der Waals surface area contributed by atoms with Gasteiger partial charge in [0.15, 0.2) is 0 Å². The molecule has 0 aromatic rings. The van der Waals surface area contributed by atoms with E-state index in [4.69, 9.17) is 0 Å². The molecule has 1 rings (SSSR count). The maximum atomic E-state index is 9.43. The highest BCUT2D eigenvalue weighted by molar-refractivity contribution is 7.99. The van der Waals surface area contributed by atoms with Crippen LogP contribution in [-0.4, -0.2) is 45.6 Å². The number of nitrogens with zero attached hydrogens (tertiary/aromatic N) is 1. The second-order valence-electron chi connectivity index (χ2n) is 2.81. The molecule has 0 atom stereocenters. The molecule has 0 aliphatic carbocycles. The molecule has 0 aromatic heterocycles. The molecule has 11 heavy (non-hydrogen) atoms. The Labute approximate surface area is 71.4 Å². The molecule has 0 amide bonds. The first-order chi connectivity index (χ1) is 5.17. The summed E-state index contributed by atoms with van der Waals surface area (Å²) in [6.07, 6.45) is 0.966. The Kier molecular flexibility index (Phi) is 3.18. The monoisotopic (exact) mass is 177 g/mol. The molecule has 0 spiro atoms. The van der Waals surface area contributed by atoms with Crippen molar-refractivity contribution in [3.63, 3.8) is 0 Å². The fourth-order valence-corrected chi connectivity index (χ4v) is 2.17. The summed E-state index contributed by atoms with van der Waals surface area (Å²) in [5.74, 6) is -0.144. The molecule has 1 aliphatic heterocycles. The summed E-state index contributed by atoms with van der Waals surface area (Å²) in [6.45, 7) is 3.59. The van der Waals surface area contributed by atoms with Gasteiger partial charge in [-0.2, -0.15) is 11.8 Å². The van der Waals surface area contributed by atoms with E-state index in [2.05, 4.69) is 0 Å². The second-order valence-corrected chi connectivity index (χ2v) is 3.92. The maximum Gasteiger partial charge on any atom is 0.234 e. The summed E-state index contributed by atoms with van der Waals surface area (Å²) in [6, 6.07) is 0. The van der Waals surface area contributed by atoms with Crippen LogP contribution in [0.1, 0.15) is 13.3 Å². The Morgan fingerprint density at radius 3 is 2.82 bits per heavy atom. The van der Waals surface area contributed by atoms with Crippen molar-refractivity contribution >= 4 is 11.8 Å². The van der Waals surface area contributed by atoms with Crippen LogP contribution >= 0.6 is 11.8 Å². The Hall–Kier alpha value is 0.230. The van der Waals surface area contributed by atoms with Crippen LogP contribution in [0.15, 0.2) is 0 Å². The zero-order valence-corrected chi connectivity index (χ0v) is 7.60. The van der Waals surface area contributed by atoms with E-state index in [-0.39, 0.29) is 0 Å². The Morgan fingerprint density at radius 2 is 2.27 bits per heavy atom. The topological polar surface area (TPSA) is 43.7 Å². The van der Waals surface area contributed by atoms with Crippen LogP contribution in [0.25, 0.3) is 0 Å². The highest BCUT2D eigenvalue weighted by Gasteiger charge is 2.33. The smallest absolute Gasteiger partial charge is 0.234 e. The fourth-order valence-electron chi connectivity index (χ4n) is 1.21. The summed E-state index contributed by atoms with van der Waals surface area (Å²) >= 11 is 1.59. The Balaban J connectivity index is 2.45. The van der Waals surface area contributed by atoms with Crippen LogP contribution in [0.2, 0.25) is 0 Å². The van der Waals surface area contributed by atoms with Gasteiger partial charge < -0.3 is 10.2 Å². The minimum absolute atomic E-state index is 0.410. The molecular formula is C7H15NO2S. The van der Waals surface area contributed by atoms with E-state index in [0.29, 0.717) is 5.75 Å². The lowest BCUT2D eigenvalue weighted by atomic mass is 10.3. The molecule has 1 aliphatic rings. The molecule has 1 saturated heterocycles. The van der Waals surface area contributed by atoms with E-state index in [1.165, 1.54) is 0 Å². The third-order valence-electron chi connectivity index (χ3n) is 1.80. The van der Waals surface area contributed by atoms with Gasteiger partial charge >= 0.3 is 0 Å². The van der Waals surface area contributed by atoms with Gasteiger partial charge in [0.1, 0.15) is 0 Å². The quantitative estimate of drug-likeness (QED) is 0.586. The molecule has 1 fully saturated rings. The average Bonchev–Trinajstić information content (AvgIpc) is 1.94. The fraction of sp³-hybridized carbons (Fsp3) is 1.00. The Bertz CT molecular complexity index is 128. The van der Waals surface area contributed by atoms with Crippen molar-refractivity contribution < 1.29 is 10.2 Å². The zero-order chi connectivity index (χ0) is 8.32. The van der Waals surface area contributed by atoms with Gasteiger partial charge in [-0.15, -0.1) is 0 Å². The van der Waals surface area contributed by atoms with E-state index >= 15 is 0 Å². The van der Waals surface area contributed by atoms with E-state index in [1.807, 2.05) is 6.92 Å². The van der Waals surface area contributed by atoms with Crippen molar-refractivity contribution in [1.29, 1.82) is 0 Å². The predicted octanol–water partition coefficient (Wildman–Crippen LogP) is 0.0836. The first kappa shape index (κ1) is 9.32. The number of hydrogen-bond acceptors (Lipinski definition) is 4. The molecular weight excluding hydrogens is 162 g/mol. The summed E-state index contributed by atoms with van der Waals surface area (Å²) in [5, 5.41) is 18.9. The van der Waals surface area contributed by atoms with Gasteiger partial charge in [0.2, 0.25) is 5.91 Å². The standard InChI is InChI=1S/C7H15NO2S/c1-2-3-8-4-5-11-6-7(8,9)10/h9-10H,2-6H2,1H3. The molecule has 0 aromatic carbocycles. The summed E-state index contributed by atoms with van der Waals surface area (Å²) in [5.41, 5.74) is 0. The van der Waals surface area contributed by atoms with E-state index in [9.17, 15) is 10.2 Å². The lowest BCUT2D eigenvalue weighted by Crippen LogP contribution is -2.54. The van der Waals surface area contributed by atoms with Gasteiger partial charge in [0, 0.05) is 18.8 Å². The molecule has 0 saturated carbocycles. The number of hydrogen-bond donors (Lipinski definition) is 2. The summed E-state index contributed by atoms with van der Waals surface area (Å²) < 4.78 is 0. The molecule has 2 N–H and O–H groups in total. The van der Waals surface area contributed by atoms with Crippen molar-refractivity contribution in [3.05, 3.63) is 0 Å². The third kappa shape index (κ3) is 2.33. The van der Waals surface area contributed by atoms with Crippen LogP contribution in [-0.2, 0) is 0 Å². The number of rotatable bonds is 2.